The summed E-state index contributed by atoms with van der Waals surface area (Å²) in [6.45, 7) is 3.60. The normalized spacial score (nSPS) is 12.5. The Bertz CT molecular complexity index is 524. The molecule has 0 radical (unpaired) electrons. The number of hydrogen-bond acceptors (Lipinski definition) is 4. The van der Waals surface area contributed by atoms with E-state index in [2.05, 4.69) is 4.72 Å². The maximum Gasteiger partial charge on any atom is 0.240 e. The minimum absolute atomic E-state index is 0.0811. The first-order chi connectivity index (χ1) is 8.15. The van der Waals surface area contributed by atoms with Gasteiger partial charge in [-0.1, -0.05) is 11.6 Å². The van der Waals surface area contributed by atoms with Crippen molar-refractivity contribution in [2.75, 3.05) is 13.7 Å². The van der Waals surface area contributed by atoms with Crippen molar-refractivity contribution in [2.45, 2.75) is 24.3 Å². The highest BCUT2D eigenvalue weighted by atomic mass is 35.5. The van der Waals surface area contributed by atoms with Crippen molar-refractivity contribution in [3.8, 4) is 5.75 Å². The van der Waals surface area contributed by atoms with Crippen molar-refractivity contribution in [3.05, 3.63) is 23.2 Å². The molecule has 102 valence electrons. The fourth-order valence-corrected chi connectivity index (χ4v) is 2.75. The van der Waals surface area contributed by atoms with Crippen LogP contribution in [0.25, 0.3) is 0 Å². The van der Waals surface area contributed by atoms with Crippen molar-refractivity contribution >= 4 is 21.6 Å². The highest BCUT2D eigenvalue weighted by Crippen LogP contribution is 2.26. The van der Waals surface area contributed by atoms with E-state index in [1.807, 2.05) is 0 Å². The highest BCUT2D eigenvalue weighted by Gasteiger charge is 2.19. The van der Waals surface area contributed by atoms with Crippen LogP contribution < -0.4 is 15.2 Å². The Morgan fingerprint density at radius 1 is 1.44 bits per heavy atom. The molecule has 1 aromatic carbocycles. The summed E-state index contributed by atoms with van der Waals surface area (Å²) >= 11 is 5.88. The summed E-state index contributed by atoms with van der Waals surface area (Å²) in [5.74, 6) is 0.426. The van der Waals surface area contributed by atoms with Crippen molar-refractivity contribution < 1.29 is 13.2 Å². The maximum absolute atomic E-state index is 12.0. The Kier molecular flexibility index (Phi) is 4.61. The van der Waals surface area contributed by atoms with E-state index in [-0.39, 0.29) is 16.5 Å². The molecule has 0 saturated heterocycles. The van der Waals surface area contributed by atoms with Gasteiger partial charge < -0.3 is 10.5 Å². The molecule has 0 spiro atoms. The molecule has 1 rings (SSSR count). The molecule has 0 aromatic heterocycles. The van der Waals surface area contributed by atoms with Crippen molar-refractivity contribution in [3.63, 3.8) is 0 Å². The van der Waals surface area contributed by atoms with Crippen molar-refractivity contribution in [2.24, 2.45) is 5.73 Å². The fraction of sp³-hybridized carbons (Fsp3) is 0.455. The van der Waals surface area contributed by atoms with Gasteiger partial charge in [0.2, 0.25) is 10.0 Å². The van der Waals surface area contributed by atoms with E-state index < -0.39 is 15.6 Å². The monoisotopic (exact) mass is 292 g/mol. The van der Waals surface area contributed by atoms with Crippen LogP contribution in [0.5, 0.6) is 5.75 Å². The molecule has 3 N–H and O–H groups in total. The van der Waals surface area contributed by atoms with Gasteiger partial charge in [-0.15, -0.1) is 0 Å². The third kappa shape index (κ3) is 4.13. The number of hydrogen-bond donors (Lipinski definition) is 2. The van der Waals surface area contributed by atoms with E-state index in [1.54, 1.807) is 13.8 Å². The van der Waals surface area contributed by atoms with E-state index in [4.69, 9.17) is 22.1 Å². The number of benzene rings is 1. The zero-order valence-electron chi connectivity index (χ0n) is 10.5. The minimum atomic E-state index is -3.61. The number of nitrogens with one attached hydrogen (secondary N) is 1. The molecule has 7 heteroatoms. The Morgan fingerprint density at radius 2 is 2.06 bits per heavy atom. The third-order valence-corrected chi connectivity index (χ3v) is 3.85. The van der Waals surface area contributed by atoms with E-state index in [9.17, 15) is 8.42 Å². The average molecular weight is 293 g/mol. The molecule has 0 aliphatic heterocycles. The Balaban J connectivity index is 2.96. The van der Waals surface area contributed by atoms with E-state index in [0.717, 1.165) is 0 Å². The van der Waals surface area contributed by atoms with Crippen LogP contribution in [0.1, 0.15) is 13.8 Å². The Hall–Kier alpha value is -0.820. The molecule has 0 heterocycles. The van der Waals surface area contributed by atoms with Gasteiger partial charge in [-0.2, -0.15) is 0 Å². The van der Waals surface area contributed by atoms with Crippen LogP contribution in [-0.4, -0.2) is 27.6 Å². The molecule has 0 bridgehead atoms. The van der Waals surface area contributed by atoms with Gasteiger partial charge in [0.25, 0.3) is 0 Å². The number of nitrogens with two attached hydrogens (primary N) is 1. The second-order valence-corrected chi connectivity index (χ2v) is 6.78. The van der Waals surface area contributed by atoms with Crippen LogP contribution in [0.15, 0.2) is 23.1 Å². The van der Waals surface area contributed by atoms with Gasteiger partial charge in [0.15, 0.2) is 0 Å². The molecule has 0 unspecified atom stereocenters. The molecule has 0 aliphatic rings. The molecule has 0 aliphatic carbocycles. The fourth-order valence-electron chi connectivity index (χ4n) is 1.18. The summed E-state index contributed by atoms with van der Waals surface area (Å²) in [6.07, 6.45) is 0. The number of halogens is 1. The first-order valence-electron chi connectivity index (χ1n) is 5.28. The van der Waals surface area contributed by atoms with Crippen LogP contribution in [0.3, 0.4) is 0 Å². The zero-order valence-corrected chi connectivity index (χ0v) is 12.1. The SMILES string of the molecule is COc1ccc(S(=O)(=O)NCC(C)(C)N)cc1Cl. The van der Waals surface area contributed by atoms with Crippen LogP contribution in [-0.2, 0) is 10.0 Å². The number of ether oxygens (including phenoxy) is 1. The largest absolute Gasteiger partial charge is 0.495 e. The molecule has 18 heavy (non-hydrogen) atoms. The zero-order chi connectivity index (χ0) is 14.0. The second-order valence-electron chi connectivity index (χ2n) is 4.61. The lowest BCUT2D eigenvalue weighted by atomic mass is 10.1. The third-order valence-electron chi connectivity index (χ3n) is 2.15. The predicted molar refractivity (Wildman–Crippen MR) is 71.5 cm³/mol. The van der Waals surface area contributed by atoms with E-state index in [0.29, 0.717) is 5.75 Å². The standard InChI is InChI=1S/C11H17ClN2O3S/c1-11(2,13)7-14-18(15,16)8-4-5-10(17-3)9(12)6-8/h4-6,14H,7,13H2,1-3H3. The van der Waals surface area contributed by atoms with Gasteiger partial charge in [0.1, 0.15) is 5.75 Å². The van der Waals surface area contributed by atoms with Gasteiger partial charge in [0, 0.05) is 12.1 Å². The molecular weight excluding hydrogens is 276 g/mol. The molecule has 1 aromatic rings. The smallest absolute Gasteiger partial charge is 0.240 e. The van der Waals surface area contributed by atoms with E-state index in [1.165, 1.54) is 25.3 Å². The lowest BCUT2D eigenvalue weighted by Crippen LogP contribution is -2.45. The van der Waals surface area contributed by atoms with Crippen LogP contribution >= 0.6 is 11.6 Å². The summed E-state index contributed by atoms with van der Waals surface area (Å²) in [7, 11) is -2.15. The van der Waals surface area contributed by atoms with Crippen molar-refractivity contribution in [1.82, 2.24) is 4.72 Å². The minimum Gasteiger partial charge on any atom is -0.495 e. The van der Waals surface area contributed by atoms with E-state index >= 15 is 0 Å². The summed E-state index contributed by atoms with van der Waals surface area (Å²) in [5.41, 5.74) is 5.10. The average Bonchev–Trinajstić information content (AvgIpc) is 2.25. The van der Waals surface area contributed by atoms with Gasteiger partial charge in [-0.05, 0) is 32.0 Å². The summed E-state index contributed by atoms with van der Waals surface area (Å²) in [6, 6.07) is 4.27. The quantitative estimate of drug-likeness (QED) is 0.859. The lowest BCUT2D eigenvalue weighted by molar-refractivity contribution is 0.414. The first-order valence-corrected chi connectivity index (χ1v) is 7.14. The van der Waals surface area contributed by atoms with Gasteiger partial charge in [-0.3, -0.25) is 0 Å². The molecule has 0 saturated carbocycles. The van der Waals surface area contributed by atoms with Gasteiger partial charge in [-0.25, -0.2) is 13.1 Å². The Labute approximate surface area is 112 Å². The summed E-state index contributed by atoms with van der Waals surface area (Å²) < 4.78 is 31.3. The lowest BCUT2D eigenvalue weighted by Gasteiger charge is -2.19. The Morgan fingerprint density at radius 3 is 2.50 bits per heavy atom. The number of sulfonamides is 1. The van der Waals surface area contributed by atoms with Crippen LogP contribution in [0.2, 0.25) is 5.02 Å². The summed E-state index contributed by atoms with van der Waals surface area (Å²) in [4.78, 5) is 0.0811. The van der Waals surface area contributed by atoms with Crippen molar-refractivity contribution in [1.29, 1.82) is 0 Å². The number of methoxy groups -OCH3 is 1. The molecule has 0 amide bonds. The van der Waals surface area contributed by atoms with Gasteiger partial charge >= 0.3 is 0 Å². The topological polar surface area (TPSA) is 81.4 Å². The highest BCUT2D eigenvalue weighted by molar-refractivity contribution is 7.89. The molecule has 0 atom stereocenters. The van der Waals surface area contributed by atoms with Crippen LogP contribution in [0.4, 0.5) is 0 Å². The van der Waals surface area contributed by atoms with Crippen LogP contribution in [0, 0.1) is 0 Å². The molecule has 0 fully saturated rings. The summed E-state index contributed by atoms with van der Waals surface area (Å²) in [5, 5.41) is 0.243. The number of rotatable bonds is 5. The second kappa shape index (κ2) is 5.44. The first kappa shape index (κ1) is 15.2. The molecular formula is C11H17ClN2O3S. The molecule has 5 nitrogen and oxygen atoms in total. The van der Waals surface area contributed by atoms with Gasteiger partial charge in [0.05, 0.1) is 17.0 Å². The maximum atomic E-state index is 12.0. The predicted octanol–water partition coefficient (Wildman–Crippen LogP) is 1.36.